The molecule has 130 valence electrons. The number of benzene rings is 1. The number of nitrogens with zero attached hydrogens (tertiary/aromatic N) is 2. The summed E-state index contributed by atoms with van der Waals surface area (Å²) in [4.78, 5) is 35.7. The smallest absolute Gasteiger partial charge is 0.341 e. The van der Waals surface area contributed by atoms with Crippen LogP contribution in [0.1, 0.15) is 43.1 Å². The van der Waals surface area contributed by atoms with E-state index in [0.29, 0.717) is 24.6 Å². The van der Waals surface area contributed by atoms with Gasteiger partial charge >= 0.3 is 10.6 Å². The highest BCUT2D eigenvalue weighted by Crippen LogP contribution is 2.06. The van der Waals surface area contributed by atoms with Crippen molar-refractivity contribution in [2.45, 2.75) is 40.3 Å². The molecule has 0 radical (unpaired) electrons. The van der Waals surface area contributed by atoms with Crippen molar-refractivity contribution in [1.29, 1.82) is 0 Å². The maximum Gasteiger partial charge on any atom is 0.341 e. The normalized spacial score (nSPS) is 11.0. The topological polar surface area (TPSA) is 73.1 Å². The Morgan fingerprint density at radius 2 is 1.88 bits per heavy atom. The number of nitrogens with one attached hydrogen (secondary N) is 1. The molecule has 2 aromatic rings. The molecule has 0 atom stereocenters. The van der Waals surface area contributed by atoms with Crippen LogP contribution in [-0.4, -0.2) is 21.0 Å². The van der Waals surface area contributed by atoms with Crippen LogP contribution in [0.2, 0.25) is 0 Å². The molecule has 0 saturated carbocycles. The number of aryl methyl sites for hydroxylation is 1. The van der Waals surface area contributed by atoms with Crippen LogP contribution >= 0.6 is 11.5 Å². The zero-order chi connectivity index (χ0) is 17.7. The maximum absolute atomic E-state index is 12.0. The quantitative estimate of drug-likeness (QED) is 0.830. The van der Waals surface area contributed by atoms with E-state index in [2.05, 4.69) is 19.2 Å². The van der Waals surface area contributed by atoms with E-state index in [0.717, 1.165) is 23.5 Å². The molecule has 6 nitrogen and oxygen atoms in total. The van der Waals surface area contributed by atoms with E-state index < -0.39 is 0 Å². The third-order valence-electron chi connectivity index (χ3n) is 3.70. The van der Waals surface area contributed by atoms with E-state index in [1.807, 2.05) is 6.92 Å². The molecule has 0 unspecified atom stereocenters. The van der Waals surface area contributed by atoms with E-state index in [9.17, 15) is 14.4 Å². The molecule has 0 saturated heterocycles. The van der Waals surface area contributed by atoms with Crippen molar-refractivity contribution in [3.05, 3.63) is 55.5 Å². The zero-order valence-corrected chi connectivity index (χ0v) is 15.1. The van der Waals surface area contributed by atoms with Gasteiger partial charge in [-0.3, -0.25) is 9.59 Å². The Balaban J connectivity index is 2.05. The van der Waals surface area contributed by atoms with Crippen LogP contribution in [0.4, 0.5) is 0 Å². The molecule has 1 aromatic carbocycles. The molecular formula is C17H23N3O3S. The largest absolute Gasteiger partial charge is 0.352 e. The number of hydrogen-bond acceptors (Lipinski definition) is 4. The number of carbonyl (C=O) groups is 1. The first kappa shape index (κ1) is 18.2. The van der Waals surface area contributed by atoms with Gasteiger partial charge in [0, 0.05) is 30.2 Å². The lowest BCUT2D eigenvalue weighted by Crippen LogP contribution is -2.29. The van der Waals surface area contributed by atoms with Gasteiger partial charge in [0.15, 0.2) is 0 Å². The monoisotopic (exact) mass is 349 g/mol. The Kier molecular flexibility index (Phi) is 6.14. The van der Waals surface area contributed by atoms with Crippen LogP contribution in [-0.2, 0) is 13.1 Å². The Morgan fingerprint density at radius 1 is 1.21 bits per heavy atom. The van der Waals surface area contributed by atoms with Gasteiger partial charge in [0.25, 0.3) is 5.91 Å². The Morgan fingerprint density at radius 3 is 2.42 bits per heavy atom. The van der Waals surface area contributed by atoms with Crippen LogP contribution in [0.5, 0.6) is 0 Å². The molecule has 7 heteroatoms. The van der Waals surface area contributed by atoms with Crippen LogP contribution in [0.25, 0.3) is 0 Å². The maximum atomic E-state index is 12.0. The average Bonchev–Trinajstić information content (AvgIpc) is 2.82. The number of carbonyl (C=O) groups excluding carboxylic acids is 1. The van der Waals surface area contributed by atoms with E-state index in [1.165, 1.54) is 8.52 Å². The summed E-state index contributed by atoms with van der Waals surface area (Å²) in [5.41, 5.74) is 1.10. The lowest BCUT2D eigenvalue weighted by Gasteiger charge is -2.08. The molecule has 1 amide bonds. The fraction of sp³-hybridized carbons (Fsp3) is 0.471. The van der Waals surface area contributed by atoms with Crippen LogP contribution in [0.3, 0.4) is 0 Å². The lowest BCUT2D eigenvalue weighted by atomic mass is 10.1. The lowest BCUT2D eigenvalue weighted by molar-refractivity contribution is 0.0952. The fourth-order valence-electron chi connectivity index (χ4n) is 2.25. The summed E-state index contributed by atoms with van der Waals surface area (Å²) in [6.07, 6.45) is 0.939. The summed E-state index contributed by atoms with van der Waals surface area (Å²) in [7, 11) is 0. The molecule has 1 N–H and O–H groups in total. The first-order valence-electron chi connectivity index (χ1n) is 8.10. The van der Waals surface area contributed by atoms with Gasteiger partial charge in [-0.15, -0.1) is 0 Å². The SMILES string of the molecule is CCn1sc(=O)n(Cc2ccc(C(=O)NCCC(C)C)cc2)c1=O. The predicted octanol–water partition coefficient (Wildman–Crippen LogP) is 1.92. The molecule has 2 rings (SSSR count). The van der Waals surface area contributed by atoms with Gasteiger partial charge in [0.05, 0.1) is 6.54 Å². The summed E-state index contributed by atoms with van der Waals surface area (Å²) >= 11 is 0.927. The van der Waals surface area contributed by atoms with Gasteiger partial charge in [0.2, 0.25) is 0 Å². The molecule has 1 heterocycles. The van der Waals surface area contributed by atoms with E-state index in [-0.39, 0.29) is 23.0 Å². The van der Waals surface area contributed by atoms with Crippen molar-refractivity contribution >= 4 is 17.4 Å². The average molecular weight is 349 g/mol. The van der Waals surface area contributed by atoms with Crippen molar-refractivity contribution in [1.82, 2.24) is 13.8 Å². The zero-order valence-electron chi connectivity index (χ0n) is 14.2. The Hall–Kier alpha value is -2.15. The molecule has 1 aromatic heterocycles. The standard InChI is InChI=1S/C17H23N3O3S/c1-4-20-16(22)19(17(23)24-20)11-13-5-7-14(8-6-13)15(21)18-10-9-12(2)3/h5-8,12H,4,9-11H2,1-3H3,(H,18,21). The molecule has 0 bridgehead atoms. The predicted molar refractivity (Wildman–Crippen MR) is 95.8 cm³/mol. The van der Waals surface area contributed by atoms with Crippen molar-refractivity contribution in [3.8, 4) is 0 Å². The second-order valence-electron chi connectivity index (χ2n) is 6.06. The Bertz CT molecular complexity index is 800. The van der Waals surface area contributed by atoms with E-state index >= 15 is 0 Å². The van der Waals surface area contributed by atoms with Crippen molar-refractivity contribution in [2.75, 3.05) is 6.54 Å². The van der Waals surface area contributed by atoms with Crippen LogP contribution in [0, 0.1) is 5.92 Å². The van der Waals surface area contributed by atoms with E-state index in [1.54, 1.807) is 24.3 Å². The summed E-state index contributed by atoms with van der Waals surface area (Å²) in [6, 6.07) is 6.99. The van der Waals surface area contributed by atoms with Crippen molar-refractivity contribution < 1.29 is 4.79 Å². The van der Waals surface area contributed by atoms with E-state index in [4.69, 9.17) is 0 Å². The van der Waals surface area contributed by atoms with Gasteiger partial charge < -0.3 is 5.32 Å². The third kappa shape index (κ3) is 4.44. The second-order valence-corrected chi connectivity index (χ2v) is 7.03. The third-order valence-corrected chi connectivity index (χ3v) is 4.72. The van der Waals surface area contributed by atoms with Crippen LogP contribution in [0.15, 0.2) is 33.9 Å². The highest BCUT2D eigenvalue weighted by molar-refractivity contribution is 7.03. The van der Waals surface area contributed by atoms with Gasteiger partial charge in [-0.2, -0.15) is 0 Å². The fourth-order valence-corrected chi connectivity index (χ4v) is 2.98. The number of hydrogen-bond donors (Lipinski definition) is 1. The summed E-state index contributed by atoms with van der Waals surface area (Å²) in [5.74, 6) is 0.437. The molecule has 0 spiro atoms. The first-order valence-corrected chi connectivity index (χ1v) is 8.87. The summed E-state index contributed by atoms with van der Waals surface area (Å²) in [5, 5.41) is 2.88. The minimum absolute atomic E-state index is 0.108. The van der Waals surface area contributed by atoms with Gasteiger partial charge in [-0.25, -0.2) is 13.3 Å². The number of aromatic nitrogens is 2. The molecule has 0 aliphatic heterocycles. The Labute approximate surface area is 144 Å². The first-order chi connectivity index (χ1) is 11.4. The molecule has 0 fully saturated rings. The molecule has 0 aliphatic rings. The summed E-state index contributed by atoms with van der Waals surface area (Å²) < 4.78 is 2.64. The van der Waals surface area contributed by atoms with Crippen molar-refractivity contribution in [3.63, 3.8) is 0 Å². The minimum Gasteiger partial charge on any atom is -0.352 e. The van der Waals surface area contributed by atoms with Crippen molar-refractivity contribution in [2.24, 2.45) is 5.92 Å². The van der Waals surface area contributed by atoms with Crippen LogP contribution < -0.4 is 15.9 Å². The van der Waals surface area contributed by atoms with Gasteiger partial charge in [0.1, 0.15) is 0 Å². The molecule has 24 heavy (non-hydrogen) atoms. The highest BCUT2D eigenvalue weighted by atomic mass is 32.1. The highest BCUT2D eigenvalue weighted by Gasteiger charge is 2.10. The molecular weight excluding hydrogens is 326 g/mol. The van der Waals surface area contributed by atoms with Gasteiger partial charge in [-0.05, 0) is 37.0 Å². The molecule has 0 aliphatic carbocycles. The minimum atomic E-state index is -0.289. The van der Waals surface area contributed by atoms with Gasteiger partial charge in [-0.1, -0.05) is 26.0 Å². The summed E-state index contributed by atoms with van der Waals surface area (Å²) in [6.45, 7) is 7.41. The number of amides is 1. The second kappa shape index (κ2) is 8.10. The number of rotatable bonds is 7.